The van der Waals surface area contributed by atoms with Gasteiger partial charge in [-0.05, 0) is 12.3 Å². The molecular formula is C8H16F2N2O. The minimum absolute atomic E-state index is 0.285. The van der Waals surface area contributed by atoms with Crippen LogP contribution in [0.3, 0.4) is 0 Å². The molecule has 0 aromatic carbocycles. The van der Waals surface area contributed by atoms with Gasteiger partial charge in [0.1, 0.15) is 0 Å². The second-order valence-electron chi connectivity index (χ2n) is 3.37. The Morgan fingerprint density at radius 1 is 1.46 bits per heavy atom. The third-order valence-corrected chi connectivity index (χ3v) is 1.49. The van der Waals surface area contributed by atoms with Crippen molar-refractivity contribution < 1.29 is 13.6 Å². The number of rotatable bonds is 5. The molecule has 0 saturated heterocycles. The molecule has 0 aromatic heterocycles. The van der Waals surface area contributed by atoms with Crippen molar-refractivity contribution >= 4 is 5.91 Å². The predicted octanol–water partition coefficient (Wildman–Crippen LogP) is 0.741. The molecule has 3 N–H and O–H groups in total. The molecule has 0 spiro atoms. The van der Waals surface area contributed by atoms with Crippen LogP contribution in [0.5, 0.6) is 0 Å². The maximum absolute atomic E-state index is 11.7. The second-order valence-corrected chi connectivity index (χ2v) is 3.37. The molecule has 3 nitrogen and oxygen atoms in total. The lowest BCUT2D eigenvalue weighted by atomic mass is 10.0. The van der Waals surface area contributed by atoms with Gasteiger partial charge in [-0.2, -0.15) is 0 Å². The monoisotopic (exact) mass is 194 g/mol. The normalized spacial score (nSPS) is 13.5. The van der Waals surface area contributed by atoms with Gasteiger partial charge in [0.2, 0.25) is 5.91 Å². The molecule has 0 aromatic rings. The highest BCUT2D eigenvalue weighted by atomic mass is 19.3. The number of alkyl halides is 2. The zero-order valence-corrected chi connectivity index (χ0v) is 7.89. The number of nitrogens with two attached hydrogens (primary N) is 1. The zero-order valence-electron chi connectivity index (χ0n) is 7.89. The van der Waals surface area contributed by atoms with Gasteiger partial charge in [0.05, 0.1) is 12.6 Å². The van der Waals surface area contributed by atoms with Gasteiger partial charge in [-0.1, -0.05) is 13.8 Å². The SMILES string of the molecule is CC(C)C[C@@H](N)C(=O)NCC(F)F. The highest BCUT2D eigenvalue weighted by molar-refractivity contribution is 5.81. The molecule has 13 heavy (non-hydrogen) atoms. The first-order valence-corrected chi connectivity index (χ1v) is 4.25. The first-order chi connectivity index (χ1) is 5.93. The van der Waals surface area contributed by atoms with E-state index in [9.17, 15) is 13.6 Å². The lowest BCUT2D eigenvalue weighted by Gasteiger charge is -2.13. The first kappa shape index (κ1) is 12.3. The summed E-state index contributed by atoms with van der Waals surface area (Å²) in [6, 6.07) is -0.682. The van der Waals surface area contributed by atoms with Crippen LogP contribution < -0.4 is 11.1 Å². The second kappa shape index (κ2) is 5.85. The highest BCUT2D eigenvalue weighted by Crippen LogP contribution is 2.02. The van der Waals surface area contributed by atoms with Crippen LogP contribution in [0.1, 0.15) is 20.3 Å². The summed E-state index contributed by atoms with van der Waals surface area (Å²) >= 11 is 0. The number of carbonyl (C=O) groups excluding carboxylic acids is 1. The van der Waals surface area contributed by atoms with E-state index in [2.05, 4.69) is 5.32 Å². The van der Waals surface area contributed by atoms with Gasteiger partial charge in [-0.15, -0.1) is 0 Å². The highest BCUT2D eigenvalue weighted by Gasteiger charge is 2.15. The number of hydrogen-bond acceptors (Lipinski definition) is 2. The molecule has 0 radical (unpaired) electrons. The Morgan fingerprint density at radius 3 is 2.38 bits per heavy atom. The molecule has 0 bridgehead atoms. The van der Waals surface area contributed by atoms with E-state index >= 15 is 0 Å². The minimum Gasteiger partial charge on any atom is -0.349 e. The Bertz CT molecular complexity index is 162. The number of amides is 1. The molecule has 0 aliphatic carbocycles. The molecule has 0 unspecified atom stereocenters. The fourth-order valence-corrected chi connectivity index (χ4v) is 0.924. The van der Waals surface area contributed by atoms with Gasteiger partial charge in [0.15, 0.2) is 0 Å². The standard InChI is InChI=1S/C8H16F2N2O/c1-5(2)3-6(11)8(13)12-4-7(9)10/h5-7H,3-4,11H2,1-2H3,(H,12,13)/t6-/m1/s1. The fraction of sp³-hybridized carbons (Fsp3) is 0.875. The van der Waals surface area contributed by atoms with E-state index in [-0.39, 0.29) is 5.92 Å². The van der Waals surface area contributed by atoms with E-state index in [4.69, 9.17) is 5.73 Å². The fourth-order valence-electron chi connectivity index (χ4n) is 0.924. The molecule has 5 heteroatoms. The number of hydrogen-bond donors (Lipinski definition) is 2. The van der Waals surface area contributed by atoms with E-state index in [1.165, 1.54) is 0 Å². The van der Waals surface area contributed by atoms with Crippen LogP contribution >= 0.6 is 0 Å². The average molecular weight is 194 g/mol. The van der Waals surface area contributed by atoms with Crippen molar-refractivity contribution in [1.82, 2.24) is 5.32 Å². The van der Waals surface area contributed by atoms with Crippen LogP contribution in [-0.2, 0) is 4.79 Å². The van der Waals surface area contributed by atoms with Gasteiger partial charge in [-0.25, -0.2) is 8.78 Å². The summed E-state index contributed by atoms with van der Waals surface area (Å²) in [6.45, 7) is 3.21. The number of nitrogens with one attached hydrogen (secondary N) is 1. The quantitative estimate of drug-likeness (QED) is 0.678. The Balaban J connectivity index is 3.69. The molecule has 0 heterocycles. The van der Waals surface area contributed by atoms with Crippen LogP contribution in [0.4, 0.5) is 8.78 Å². The maximum atomic E-state index is 11.7. The van der Waals surface area contributed by atoms with Crippen LogP contribution in [0.15, 0.2) is 0 Å². The molecular weight excluding hydrogens is 178 g/mol. The summed E-state index contributed by atoms with van der Waals surface area (Å²) in [5, 5.41) is 2.07. The van der Waals surface area contributed by atoms with E-state index in [0.29, 0.717) is 6.42 Å². The van der Waals surface area contributed by atoms with Crippen molar-refractivity contribution in [3.05, 3.63) is 0 Å². The minimum atomic E-state index is -2.52. The summed E-state index contributed by atoms with van der Waals surface area (Å²) in [6.07, 6.45) is -2.01. The molecule has 0 rings (SSSR count). The van der Waals surface area contributed by atoms with Crippen LogP contribution in [-0.4, -0.2) is 24.9 Å². The molecule has 1 atom stereocenters. The topological polar surface area (TPSA) is 55.1 Å². The van der Waals surface area contributed by atoms with Crippen molar-refractivity contribution in [2.24, 2.45) is 11.7 Å². The maximum Gasteiger partial charge on any atom is 0.255 e. The third-order valence-electron chi connectivity index (χ3n) is 1.49. The van der Waals surface area contributed by atoms with Crippen molar-refractivity contribution in [2.45, 2.75) is 32.7 Å². The summed E-state index contributed by atoms with van der Waals surface area (Å²) < 4.78 is 23.3. The molecule has 0 aliphatic rings. The predicted molar refractivity (Wildman–Crippen MR) is 46.4 cm³/mol. The largest absolute Gasteiger partial charge is 0.349 e. The van der Waals surface area contributed by atoms with E-state index in [1.807, 2.05) is 13.8 Å². The molecule has 0 aliphatic heterocycles. The van der Waals surface area contributed by atoms with Crippen LogP contribution in [0.25, 0.3) is 0 Å². The Labute approximate surface area is 76.7 Å². The van der Waals surface area contributed by atoms with Crippen molar-refractivity contribution in [3.8, 4) is 0 Å². The van der Waals surface area contributed by atoms with Crippen molar-refractivity contribution in [3.63, 3.8) is 0 Å². The Hall–Kier alpha value is -0.710. The van der Waals surface area contributed by atoms with E-state index in [0.717, 1.165) is 0 Å². The smallest absolute Gasteiger partial charge is 0.255 e. The van der Waals surface area contributed by atoms with E-state index < -0.39 is 24.9 Å². The zero-order chi connectivity index (χ0) is 10.4. The van der Waals surface area contributed by atoms with Crippen molar-refractivity contribution in [1.29, 1.82) is 0 Å². The van der Waals surface area contributed by atoms with Gasteiger partial charge in [0, 0.05) is 0 Å². The Kier molecular flexibility index (Phi) is 5.53. The Morgan fingerprint density at radius 2 is 2.00 bits per heavy atom. The van der Waals surface area contributed by atoms with Gasteiger partial charge >= 0.3 is 0 Å². The number of halogens is 2. The summed E-state index contributed by atoms with van der Waals surface area (Å²) in [7, 11) is 0. The van der Waals surface area contributed by atoms with Crippen LogP contribution in [0.2, 0.25) is 0 Å². The van der Waals surface area contributed by atoms with Crippen LogP contribution in [0, 0.1) is 5.92 Å². The number of carbonyl (C=O) groups is 1. The molecule has 0 fully saturated rings. The van der Waals surface area contributed by atoms with Gasteiger partial charge in [-0.3, -0.25) is 4.79 Å². The lowest BCUT2D eigenvalue weighted by molar-refractivity contribution is -0.123. The van der Waals surface area contributed by atoms with Gasteiger partial charge in [0.25, 0.3) is 6.43 Å². The summed E-state index contributed by atoms with van der Waals surface area (Å²) in [5.41, 5.74) is 5.45. The molecule has 1 amide bonds. The lowest BCUT2D eigenvalue weighted by Crippen LogP contribution is -2.42. The summed E-state index contributed by atoms with van der Waals surface area (Å²) in [5.74, 6) is -0.221. The van der Waals surface area contributed by atoms with E-state index in [1.54, 1.807) is 0 Å². The molecule has 0 saturated carbocycles. The van der Waals surface area contributed by atoms with Crippen molar-refractivity contribution in [2.75, 3.05) is 6.54 Å². The summed E-state index contributed by atoms with van der Waals surface area (Å²) in [4.78, 5) is 11.0. The molecule has 78 valence electrons. The first-order valence-electron chi connectivity index (χ1n) is 4.25. The van der Waals surface area contributed by atoms with Gasteiger partial charge < -0.3 is 11.1 Å². The average Bonchev–Trinajstić information content (AvgIpc) is 1.98. The third kappa shape index (κ3) is 6.45.